The summed E-state index contributed by atoms with van der Waals surface area (Å²) in [6, 6.07) is 182. The van der Waals surface area contributed by atoms with Crippen LogP contribution in [0.2, 0.25) is 0 Å². The van der Waals surface area contributed by atoms with E-state index < -0.39 is 0 Å². The van der Waals surface area contributed by atoms with Gasteiger partial charge in [-0.25, -0.2) is 19.9 Å². The number of benzene rings is 24. The highest BCUT2D eigenvalue weighted by Gasteiger charge is 2.25. The summed E-state index contributed by atoms with van der Waals surface area (Å²) in [5.41, 5.74) is 26.7. The fourth-order valence-electron chi connectivity index (χ4n) is 21.7. The molecule has 0 saturated carbocycles. The Bertz CT molecular complexity index is 10200. The minimum atomic E-state index is 0.641. The molecule has 8 heteroatoms. The zero-order chi connectivity index (χ0) is 97.2. The van der Waals surface area contributed by atoms with Crippen LogP contribution >= 0.6 is 0 Å². The first-order valence-corrected chi connectivity index (χ1v) is 49.9. The first-order valence-electron chi connectivity index (χ1n) is 49.9. The van der Waals surface area contributed by atoms with Crippen molar-refractivity contribution in [3.63, 3.8) is 0 Å². The number of nitrogens with zero attached hydrogens (tertiary/aromatic N) is 8. The van der Waals surface area contributed by atoms with E-state index in [1.165, 1.54) is 152 Å². The van der Waals surface area contributed by atoms with Gasteiger partial charge in [-0.15, -0.1) is 0 Å². The van der Waals surface area contributed by atoms with Gasteiger partial charge in [-0.05, 0) is 282 Å². The first-order chi connectivity index (χ1) is 72.8. The predicted molar refractivity (Wildman–Crippen MR) is 616 cm³/mol. The molecule has 0 N–H and O–H groups in total. The number of rotatable bonds is 13. The average Bonchev–Trinajstić information content (AvgIpc) is 1.41. The Morgan fingerprint density at radius 1 is 0.163 bits per heavy atom. The van der Waals surface area contributed by atoms with Crippen LogP contribution in [0, 0.1) is 0 Å². The second kappa shape index (κ2) is 37.1. The SMILES string of the molecule is c1ccc(-n2c(-c3ccc(-c4ccc5c(-c6ccc7ccccc7c6)c6ccccc6c(-c6ccc7ccccc7c6)c5c4)cc3)nc3ccccc32)cc1.c1ccc2cc(-c3c4ccccc4c(-c4ccc5ccccc5c4)c4cc(-c5ccc(-c6cnc7ccccc7c6)nc5)ccc34)ccc2c1.c1ccc2cc(-c3nc(-c4ccc(-c5cccc6ccncc56)cc4)nc(-c4ccc5ccccc5c4)n3)ccc2c1. The molecule has 0 aliphatic heterocycles. The maximum Gasteiger partial charge on any atom is 0.164 e. The van der Waals surface area contributed by atoms with E-state index in [4.69, 9.17) is 24.9 Å². The Kier molecular flexibility index (Phi) is 21.8. The molecule has 5 heterocycles. The summed E-state index contributed by atoms with van der Waals surface area (Å²) < 4.78 is 2.26. The summed E-state index contributed by atoms with van der Waals surface area (Å²) in [7, 11) is 0. The van der Waals surface area contributed by atoms with E-state index >= 15 is 0 Å². The van der Waals surface area contributed by atoms with Gasteiger partial charge in [0, 0.05) is 74.6 Å². The van der Waals surface area contributed by atoms with Crippen LogP contribution in [0.3, 0.4) is 0 Å². The van der Waals surface area contributed by atoms with Crippen molar-refractivity contribution in [2.24, 2.45) is 0 Å². The smallest absolute Gasteiger partial charge is 0.164 e. The summed E-state index contributed by atoms with van der Waals surface area (Å²) in [5.74, 6) is 2.88. The molecule has 29 rings (SSSR count). The minimum Gasteiger partial charge on any atom is -0.292 e. The highest BCUT2D eigenvalue weighted by Crippen LogP contribution is 2.50. The molecule has 0 unspecified atom stereocenters. The van der Waals surface area contributed by atoms with Crippen molar-refractivity contribution >= 4 is 140 Å². The van der Waals surface area contributed by atoms with Crippen LogP contribution in [0.4, 0.5) is 0 Å². The molecular weight excluding hydrogens is 1780 g/mol. The van der Waals surface area contributed by atoms with Crippen LogP contribution in [-0.4, -0.2) is 39.5 Å². The number of hydrogen-bond acceptors (Lipinski definition) is 7. The lowest BCUT2D eigenvalue weighted by Gasteiger charge is -2.19. The Balaban J connectivity index is 0.000000110. The molecule has 0 saturated heterocycles. The molecule has 29 aromatic rings. The summed E-state index contributed by atoms with van der Waals surface area (Å²) in [6.45, 7) is 0. The molecule has 0 amide bonds. The Morgan fingerprint density at radius 3 is 0.980 bits per heavy atom. The van der Waals surface area contributed by atoms with Crippen LogP contribution in [0.15, 0.2) is 534 Å². The number of fused-ring (bicyclic) bond motifs is 13. The minimum absolute atomic E-state index is 0.641. The maximum atomic E-state index is 5.12. The van der Waals surface area contributed by atoms with Gasteiger partial charge in [-0.1, -0.05) is 413 Å². The van der Waals surface area contributed by atoms with Gasteiger partial charge in [0.25, 0.3) is 0 Å². The molecule has 0 aliphatic carbocycles. The van der Waals surface area contributed by atoms with Crippen LogP contribution in [-0.2, 0) is 0 Å². The summed E-state index contributed by atoms with van der Waals surface area (Å²) >= 11 is 0. The standard InChI is InChI=1S/C53H34N2.C48H30N2.C38H24N4/c1-2-16-44(17-3-1)55-50-21-11-10-20-49(50)54-53(55)38-26-22-37(23-27-38)41-30-31-47-48(34-41)52(43-29-25-36-13-5-7-15-40(36)33-43)46-19-9-8-18-45(46)51(47)42-28-24-35-12-4-6-14-39(35)32-42;1-3-11-33-25-37(19-17-31(33)9-1)47-41-14-6-7-15-42(41)48(38-20-18-32-10-2-4-12-34(32)26-38)44-28-35(21-23-43(44)47)39-22-24-46(49-29-39)40-27-36-13-5-8-16-45(36)50-30-40;1-3-8-30-22-32(18-12-25(30)6-1)37-40-36(41-38(42-37)33-19-13-26-7-2-4-9-31(26)23-33)29-16-14-28(15-17-29)34-11-5-10-27-20-21-39-24-35(27)34/h1-34H;1-30H;1-24H. The van der Waals surface area contributed by atoms with E-state index in [1.54, 1.807) is 0 Å². The van der Waals surface area contributed by atoms with E-state index in [0.29, 0.717) is 17.5 Å². The second-order valence-electron chi connectivity index (χ2n) is 37.8. The van der Waals surface area contributed by atoms with Crippen LogP contribution in [0.5, 0.6) is 0 Å². The average molecular weight is 1870 g/mol. The lowest BCUT2D eigenvalue weighted by Crippen LogP contribution is -2.00. The monoisotopic (exact) mass is 1870 g/mol. The Morgan fingerprint density at radius 2 is 0.503 bits per heavy atom. The zero-order valence-electron chi connectivity index (χ0n) is 79.9. The van der Waals surface area contributed by atoms with Gasteiger partial charge in [0.2, 0.25) is 0 Å². The largest absolute Gasteiger partial charge is 0.292 e. The first kappa shape index (κ1) is 86.4. The third kappa shape index (κ3) is 16.3. The van der Waals surface area contributed by atoms with E-state index in [1.807, 2.05) is 49.1 Å². The molecule has 24 aromatic carbocycles. The Labute approximate surface area is 848 Å². The van der Waals surface area contributed by atoms with Crippen LogP contribution in [0.25, 0.3) is 281 Å². The molecule has 8 nitrogen and oxygen atoms in total. The molecule has 0 radical (unpaired) electrons. The second-order valence-corrected chi connectivity index (χ2v) is 37.8. The van der Waals surface area contributed by atoms with Crippen LogP contribution < -0.4 is 0 Å². The number of imidazole rings is 1. The maximum absolute atomic E-state index is 5.12. The van der Waals surface area contributed by atoms with Crippen molar-refractivity contribution in [2.45, 2.75) is 0 Å². The zero-order valence-corrected chi connectivity index (χ0v) is 79.9. The van der Waals surface area contributed by atoms with Gasteiger partial charge in [0.15, 0.2) is 17.5 Å². The van der Waals surface area contributed by atoms with Gasteiger partial charge in [0.1, 0.15) is 5.82 Å². The molecule has 684 valence electrons. The highest BCUT2D eigenvalue weighted by atomic mass is 15.1. The number of pyridine rings is 3. The van der Waals surface area contributed by atoms with E-state index in [-0.39, 0.29) is 0 Å². The fourth-order valence-corrected chi connectivity index (χ4v) is 21.7. The molecule has 0 aliphatic rings. The lowest BCUT2D eigenvalue weighted by molar-refractivity contribution is 1.08. The molecule has 0 bridgehead atoms. The molecular formula is C139H88N8. The van der Waals surface area contributed by atoms with E-state index in [2.05, 4.69) is 500 Å². The van der Waals surface area contributed by atoms with Crippen molar-refractivity contribution in [1.29, 1.82) is 0 Å². The van der Waals surface area contributed by atoms with Crippen molar-refractivity contribution in [3.8, 4) is 140 Å². The predicted octanol–water partition coefficient (Wildman–Crippen LogP) is 36.6. The van der Waals surface area contributed by atoms with Gasteiger partial charge in [-0.2, -0.15) is 0 Å². The third-order valence-corrected chi connectivity index (χ3v) is 29.0. The summed E-state index contributed by atoms with van der Waals surface area (Å²) in [6.07, 6.45) is 7.66. The van der Waals surface area contributed by atoms with Gasteiger partial charge in [-0.3, -0.25) is 19.5 Å². The molecule has 0 spiro atoms. The van der Waals surface area contributed by atoms with E-state index in [9.17, 15) is 0 Å². The fraction of sp³-hybridized carbons (Fsp3) is 0. The van der Waals surface area contributed by atoms with Gasteiger partial charge < -0.3 is 0 Å². The molecule has 0 atom stereocenters. The van der Waals surface area contributed by atoms with Crippen molar-refractivity contribution in [3.05, 3.63) is 534 Å². The van der Waals surface area contributed by atoms with Gasteiger partial charge >= 0.3 is 0 Å². The number of hydrogen-bond donors (Lipinski definition) is 0. The quantitative estimate of drug-likeness (QED) is 0.106. The third-order valence-electron chi connectivity index (χ3n) is 29.0. The number of para-hydroxylation sites is 4. The van der Waals surface area contributed by atoms with Crippen molar-refractivity contribution in [2.75, 3.05) is 0 Å². The highest BCUT2D eigenvalue weighted by molar-refractivity contribution is 6.25. The summed E-state index contributed by atoms with van der Waals surface area (Å²) in [4.78, 5) is 34.0. The lowest BCUT2D eigenvalue weighted by atomic mass is 9.84. The number of aromatic nitrogens is 8. The van der Waals surface area contributed by atoms with Gasteiger partial charge in [0.05, 0.1) is 22.2 Å². The molecule has 5 aromatic heterocycles. The molecule has 0 fully saturated rings. The topological polar surface area (TPSA) is 95.2 Å². The Hall–Kier alpha value is -19.7. The van der Waals surface area contributed by atoms with E-state index in [0.717, 1.165) is 111 Å². The van der Waals surface area contributed by atoms with Crippen molar-refractivity contribution < 1.29 is 0 Å². The summed E-state index contributed by atoms with van der Waals surface area (Å²) in [5, 5.41) is 28.0. The normalized spacial score (nSPS) is 11.5. The van der Waals surface area contributed by atoms with Crippen LogP contribution in [0.1, 0.15) is 0 Å². The van der Waals surface area contributed by atoms with Crippen molar-refractivity contribution in [1.82, 2.24) is 39.5 Å². The molecule has 147 heavy (non-hydrogen) atoms.